The first kappa shape index (κ1) is 19.9. The van der Waals surface area contributed by atoms with Crippen LogP contribution >= 0.6 is 11.3 Å². The van der Waals surface area contributed by atoms with Gasteiger partial charge in [0.05, 0.1) is 24.3 Å². The summed E-state index contributed by atoms with van der Waals surface area (Å²) in [6.45, 7) is 7.16. The predicted octanol–water partition coefficient (Wildman–Crippen LogP) is 4.67. The number of nitrogens with zero attached hydrogens (tertiary/aromatic N) is 4. The third-order valence-corrected chi connectivity index (χ3v) is 8.34. The van der Waals surface area contributed by atoms with Gasteiger partial charge >= 0.3 is 0 Å². The molecule has 3 aliphatic rings. The third kappa shape index (κ3) is 3.40. The monoisotopic (exact) mass is 445 g/mol. The fourth-order valence-electron chi connectivity index (χ4n) is 5.21. The molecule has 6 nitrogen and oxygen atoms in total. The van der Waals surface area contributed by atoms with E-state index in [1.54, 1.807) is 0 Å². The molecular formula is C25H27N5OS. The summed E-state index contributed by atoms with van der Waals surface area (Å²) < 4.78 is 2.73. The number of H-pyrrole nitrogens is 1. The van der Waals surface area contributed by atoms with E-state index in [1.165, 1.54) is 35.3 Å². The number of piperidine rings is 3. The number of aryl methyl sites for hydroxylation is 1. The van der Waals surface area contributed by atoms with Crippen LogP contribution in [-0.4, -0.2) is 37.7 Å². The van der Waals surface area contributed by atoms with E-state index in [1.807, 2.05) is 10.9 Å². The van der Waals surface area contributed by atoms with Crippen molar-refractivity contribution in [2.24, 2.45) is 5.92 Å². The number of aromatic nitrogens is 4. The number of rotatable bonds is 4. The Balaban J connectivity index is 1.33. The highest BCUT2D eigenvalue weighted by atomic mass is 32.1. The molecule has 2 bridgehead atoms. The van der Waals surface area contributed by atoms with Crippen LogP contribution in [0.15, 0.2) is 41.3 Å². The zero-order valence-electron chi connectivity index (χ0n) is 18.5. The fourth-order valence-corrected chi connectivity index (χ4v) is 6.27. The number of aromatic amines is 1. The molecule has 6 heterocycles. The summed E-state index contributed by atoms with van der Waals surface area (Å²) >= 11 is 1.51. The van der Waals surface area contributed by atoms with Crippen molar-refractivity contribution < 1.29 is 0 Å². The molecule has 0 amide bonds. The maximum atomic E-state index is 12.9. The molecule has 7 heteroatoms. The fraction of sp³-hybridized carbons (Fsp3) is 0.400. The second kappa shape index (κ2) is 7.67. The van der Waals surface area contributed by atoms with Gasteiger partial charge in [-0.25, -0.2) is 4.98 Å². The second-order valence-corrected chi connectivity index (χ2v) is 10.3. The molecular weight excluding hydrogens is 418 g/mol. The topological polar surface area (TPSA) is 66.8 Å². The molecule has 4 aromatic rings. The SMILES string of the molecule is Cc1ccc(Cn2ncc(-c3cc4nc(C5CC6CCN5CC6)[nH]c(=O)c4s3)c2C)cc1. The minimum Gasteiger partial charge on any atom is -0.308 e. The Labute approximate surface area is 190 Å². The number of hydrogen-bond donors (Lipinski definition) is 1. The molecule has 1 N–H and O–H groups in total. The van der Waals surface area contributed by atoms with Crippen LogP contribution in [0, 0.1) is 19.8 Å². The lowest BCUT2D eigenvalue weighted by Gasteiger charge is -2.44. The van der Waals surface area contributed by atoms with Gasteiger partial charge in [0.2, 0.25) is 0 Å². The molecule has 164 valence electrons. The summed E-state index contributed by atoms with van der Waals surface area (Å²) in [5, 5.41) is 4.63. The first-order valence-electron chi connectivity index (χ1n) is 11.4. The van der Waals surface area contributed by atoms with Crippen molar-refractivity contribution in [1.29, 1.82) is 0 Å². The predicted molar refractivity (Wildman–Crippen MR) is 128 cm³/mol. The average Bonchev–Trinajstić information content (AvgIpc) is 3.40. The molecule has 32 heavy (non-hydrogen) atoms. The molecule has 0 radical (unpaired) electrons. The van der Waals surface area contributed by atoms with E-state index in [4.69, 9.17) is 4.98 Å². The number of benzene rings is 1. The van der Waals surface area contributed by atoms with Crippen LogP contribution in [0.5, 0.6) is 0 Å². The first-order valence-corrected chi connectivity index (χ1v) is 12.2. The Morgan fingerprint density at radius 1 is 1.16 bits per heavy atom. The molecule has 0 spiro atoms. The van der Waals surface area contributed by atoms with E-state index in [0.717, 1.165) is 59.4 Å². The van der Waals surface area contributed by atoms with Crippen LogP contribution in [0.1, 0.15) is 47.9 Å². The third-order valence-electron chi connectivity index (χ3n) is 7.18. The van der Waals surface area contributed by atoms with E-state index >= 15 is 0 Å². The van der Waals surface area contributed by atoms with Crippen LogP contribution < -0.4 is 5.56 Å². The Bertz CT molecular complexity index is 1340. The van der Waals surface area contributed by atoms with Gasteiger partial charge in [0.15, 0.2) is 0 Å². The summed E-state index contributed by atoms with van der Waals surface area (Å²) in [4.78, 5) is 24.5. The minimum atomic E-state index is -0.0198. The van der Waals surface area contributed by atoms with E-state index in [0.29, 0.717) is 4.70 Å². The molecule has 1 aromatic carbocycles. The smallest absolute Gasteiger partial charge is 0.268 e. The summed E-state index contributed by atoms with van der Waals surface area (Å²) in [6.07, 6.45) is 5.57. The number of hydrogen-bond acceptors (Lipinski definition) is 5. The van der Waals surface area contributed by atoms with Gasteiger partial charge in [-0.15, -0.1) is 11.3 Å². The Morgan fingerprint density at radius 3 is 2.66 bits per heavy atom. The summed E-state index contributed by atoms with van der Waals surface area (Å²) in [6, 6.07) is 10.9. The summed E-state index contributed by atoms with van der Waals surface area (Å²) in [5.41, 5.74) is 5.44. The molecule has 0 aliphatic carbocycles. The number of thiophene rings is 1. The van der Waals surface area contributed by atoms with Gasteiger partial charge in [0.1, 0.15) is 10.5 Å². The minimum absolute atomic E-state index is 0.0198. The largest absolute Gasteiger partial charge is 0.308 e. The van der Waals surface area contributed by atoms with E-state index in [2.05, 4.69) is 59.2 Å². The van der Waals surface area contributed by atoms with Crippen LogP contribution in [-0.2, 0) is 6.54 Å². The number of nitrogens with one attached hydrogen (secondary N) is 1. The highest BCUT2D eigenvalue weighted by Crippen LogP contribution is 2.40. The first-order chi connectivity index (χ1) is 15.5. The van der Waals surface area contributed by atoms with Crippen molar-refractivity contribution in [2.45, 2.75) is 45.7 Å². The van der Waals surface area contributed by atoms with Gasteiger partial charge in [-0.3, -0.25) is 14.4 Å². The molecule has 1 atom stereocenters. The molecule has 0 saturated carbocycles. The quantitative estimate of drug-likeness (QED) is 0.496. The molecule has 3 fully saturated rings. The lowest BCUT2D eigenvalue weighted by atomic mass is 9.83. The standard InChI is InChI=1S/C25H27N5OS/c1-15-3-5-18(6-4-15)14-30-16(2)19(13-26-30)22-12-20-23(32-22)25(31)28-24(27-20)21-11-17-7-9-29(21)10-8-17/h3-6,12-13,17,21H,7-11,14H2,1-2H3,(H,27,28,31). The van der Waals surface area contributed by atoms with Gasteiger partial charge in [0.25, 0.3) is 5.56 Å². The zero-order valence-corrected chi connectivity index (χ0v) is 19.3. The van der Waals surface area contributed by atoms with Crippen molar-refractivity contribution in [3.8, 4) is 10.4 Å². The molecule has 1 unspecified atom stereocenters. The summed E-state index contributed by atoms with van der Waals surface area (Å²) in [7, 11) is 0. The average molecular weight is 446 g/mol. The molecule has 3 aromatic heterocycles. The van der Waals surface area contributed by atoms with Crippen molar-refractivity contribution in [3.63, 3.8) is 0 Å². The Morgan fingerprint density at radius 2 is 1.94 bits per heavy atom. The van der Waals surface area contributed by atoms with Gasteiger partial charge < -0.3 is 4.98 Å². The second-order valence-electron chi connectivity index (χ2n) is 9.29. The van der Waals surface area contributed by atoms with E-state index in [-0.39, 0.29) is 11.6 Å². The van der Waals surface area contributed by atoms with Gasteiger partial charge in [0, 0.05) is 16.1 Å². The van der Waals surface area contributed by atoms with E-state index in [9.17, 15) is 4.79 Å². The highest BCUT2D eigenvalue weighted by Gasteiger charge is 2.36. The molecule has 3 saturated heterocycles. The highest BCUT2D eigenvalue weighted by molar-refractivity contribution is 7.22. The maximum absolute atomic E-state index is 12.9. The van der Waals surface area contributed by atoms with Crippen molar-refractivity contribution in [2.75, 3.05) is 13.1 Å². The van der Waals surface area contributed by atoms with Crippen LogP contribution in [0.2, 0.25) is 0 Å². The van der Waals surface area contributed by atoms with Gasteiger partial charge in [-0.2, -0.15) is 5.10 Å². The van der Waals surface area contributed by atoms with Crippen molar-refractivity contribution in [3.05, 3.63) is 69.5 Å². The Hall–Kier alpha value is -2.77. The Kier molecular flexibility index (Phi) is 4.77. The maximum Gasteiger partial charge on any atom is 0.268 e. The van der Waals surface area contributed by atoms with Crippen LogP contribution in [0.3, 0.4) is 0 Å². The summed E-state index contributed by atoms with van der Waals surface area (Å²) in [5.74, 6) is 1.61. The lowest BCUT2D eigenvalue weighted by Crippen LogP contribution is -2.44. The zero-order chi connectivity index (χ0) is 21.8. The van der Waals surface area contributed by atoms with Crippen molar-refractivity contribution >= 4 is 21.6 Å². The lowest BCUT2D eigenvalue weighted by molar-refractivity contribution is 0.0445. The molecule has 3 aliphatic heterocycles. The van der Waals surface area contributed by atoms with Crippen molar-refractivity contribution in [1.82, 2.24) is 24.6 Å². The van der Waals surface area contributed by atoms with Crippen LogP contribution in [0.25, 0.3) is 20.7 Å². The van der Waals surface area contributed by atoms with E-state index < -0.39 is 0 Å². The van der Waals surface area contributed by atoms with Gasteiger partial charge in [-0.05, 0) is 63.7 Å². The molecule has 7 rings (SSSR count). The normalized spacial score (nSPS) is 22.6. The van der Waals surface area contributed by atoms with Gasteiger partial charge in [-0.1, -0.05) is 29.8 Å². The van der Waals surface area contributed by atoms with Crippen LogP contribution in [0.4, 0.5) is 0 Å². The number of fused-ring (bicyclic) bond motifs is 4.